The summed E-state index contributed by atoms with van der Waals surface area (Å²) in [5.74, 6) is 0.987. The number of hydrogen-bond acceptors (Lipinski definition) is 2. The predicted octanol–water partition coefficient (Wildman–Crippen LogP) is 3.05. The molecule has 0 bridgehead atoms. The molecule has 2 aromatic rings. The van der Waals surface area contributed by atoms with Gasteiger partial charge in [-0.3, -0.25) is 0 Å². The van der Waals surface area contributed by atoms with E-state index in [1.54, 1.807) is 0 Å². The molecule has 1 aromatic heterocycles. The number of halogens is 2. The Morgan fingerprint density at radius 1 is 1.33 bits per heavy atom. The van der Waals surface area contributed by atoms with Gasteiger partial charge in [-0.2, -0.15) is 0 Å². The maximum atomic E-state index is 5.81. The molecule has 0 saturated heterocycles. The Balaban J connectivity index is 0.00000144. The molecule has 5 heteroatoms. The lowest BCUT2D eigenvalue weighted by molar-refractivity contribution is 0.594. The second kappa shape index (κ2) is 7.41. The lowest BCUT2D eigenvalue weighted by Crippen LogP contribution is -2.22. The van der Waals surface area contributed by atoms with Crippen LogP contribution in [0.1, 0.15) is 12.5 Å². The third-order valence-corrected chi connectivity index (χ3v) is 2.48. The molecule has 2 rings (SSSR count). The first kappa shape index (κ1) is 17.0. The number of benzene rings is 1. The van der Waals surface area contributed by atoms with Crippen molar-refractivity contribution in [1.29, 1.82) is 0 Å². The molecule has 0 amide bonds. The zero-order valence-electron chi connectivity index (χ0n) is 10.5. The van der Waals surface area contributed by atoms with Gasteiger partial charge in [-0.1, -0.05) is 23.8 Å². The van der Waals surface area contributed by atoms with Crippen molar-refractivity contribution in [3.8, 4) is 11.4 Å². The van der Waals surface area contributed by atoms with E-state index in [-0.39, 0.29) is 30.9 Å². The number of nitrogens with zero attached hydrogens (tertiary/aromatic N) is 2. The third-order valence-electron chi connectivity index (χ3n) is 2.48. The maximum absolute atomic E-state index is 5.81. The smallest absolute Gasteiger partial charge is 0.139 e. The Kier molecular flexibility index (Phi) is 6.99. The summed E-state index contributed by atoms with van der Waals surface area (Å²) in [6.45, 7) is 4.88. The summed E-state index contributed by atoms with van der Waals surface area (Å²) in [4.78, 5) is 4.39. The molecule has 0 aliphatic carbocycles. The monoisotopic (exact) mass is 287 g/mol. The van der Waals surface area contributed by atoms with Gasteiger partial charge < -0.3 is 10.3 Å². The van der Waals surface area contributed by atoms with Gasteiger partial charge in [-0.15, -0.1) is 24.8 Å². The summed E-state index contributed by atoms with van der Waals surface area (Å²) >= 11 is 0. The van der Waals surface area contributed by atoms with E-state index < -0.39 is 0 Å². The van der Waals surface area contributed by atoms with Crippen LogP contribution in [0.25, 0.3) is 11.4 Å². The minimum Gasteiger partial charge on any atom is -0.329 e. The molecular weight excluding hydrogens is 269 g/mol. The molecule has 0 unspecified atom stereocenters. The van der Waals surface area contributed by atoms with E-state index in [1.165, 1.54) is 5.56 Å². The second-order valence-corrected chi connectivity index (χ2v) is 4.25. The normalized spacial score (nSPS) is 11.3. The topological polar surface area (TPSA) is 43.8 Å². The Morgan fingerprint density at radius 2 is 2.06 bits per heavy atom. The van der Waals surface area contributed by atoms with Crippen molar-refractivity contribution in [1.82, 2.24) is 9.55 Å². The Bertz CT molecular complexity index is 481. The van der Waals surface area contributed by atoms with Crippen molar-refractivity contribution in [3.63, 3.8) is 0 Å². The summed E-state index contributed by atoms with van der Waals surface area (Å²) in [7, 11) is 0. The van der Waals surface area contributed by atoms with Gasteiger partial charge in [0.25, 0.3) is 0 Å². The van der Waals surface area contributed by atoms with Gasteiger partial charge in [-0.05, 0) is 19.9 Å². The summed E-state index contributed by atoms with van der Waals surface area (Å²) in [6, 6.07) is 8.49. The maximum Gasteiger partial charge on any atom is 0.139 e. The van der Waals surface area contributed by atoms with Crippen molar-refractivity contribution in [2.24, 2.45) is 5.73 Å². The van der Waals surface area contributed by atoms with E-state index >= 15 is 0 Å². The highest BCUT2D eigenvalue weighted by atomic mass is 35.5. The van der Waals surface area contributed by atoms with Crippen LogP contribution in [0, 0.1) is 6.92 Å². The van der Waals surface area contributed by atoms with Crippen LogP contribution in [0.4, 0.5) is 0 Å². The fourth-order valence-electron chi connectivity index (χ4n) is 1.81. The highest BCUT2D eigenvalue weighted by Gasteiger charge is 2.06. The van der Waals surface area contributed by atoms with Crippen molar-refractivity contribution < 1.29 is 0 Å². The van der Waals surface area contributed by atoms with E-state index in [9.17, 15) is 0 Å². The highest BCUT2D eigenvalue weighted by molar-refractivity contribution is 5.85. The van der Waals surface area contributed by atoms with Gasteiger partial charge in [0.05, 0.1) is 0 Å². The molecule has 0 saturated carbocycles. The molecule has 2 N–H and O–H groups in total. The van der Waals surface area contributed by atoms with Crippen molar-refractivity contribution in [2.45, 2.75) is 26.4 Å². The molecular formula is C13H19Cl2N3. The van der Waals surface area contributed by atoms with E-state index in [2.05, 4.69) is 40.7 Å². The molecule has 0 spiro atoms. The molecule has 18 heavy (non-hydrogen) atoms. The number of rotatable bonds is 3. The largest absolute Gasteiger partial charge is 0.329 e. The van der Waals surface area contributed by atoms with Gasteiger partial charge >= 0.3 is 0 Å². The van der Waals surface area contributed by atoms with Crippen LogP contribution in [-0.2, 0) is 6.54 Å². The first-order valence-corrected chi connectivity index (χ1v) is 5.50. The van der Waals surface area contributed by atoms with Gasteiger partial charge in [-0.25, -0.2) is 4.98 Å². The fourth-order valence-corrected chi connectivity index (χ4v) is 1.81. The van der Waals surface area contributed by atoms with E-state index in [4.69, 9.17) is 5.73 Å². The van der Waals surface area contributed by atoms with Crippen LogP contribution in [-0.4, -0.2) is 15.6 Å². The standard InChI is InChI=1S/C13H17N3.2ClH/c1-10-4-3-5-12(8-10)13-15-6-7-16(13)9-11(2)14;;/h3-8,11H,9,14H2,1-2H3;2*1H/t11-;;/m0../s1. The number of nitrogens with two attached hydrogens (primary N) is 1. The minimum atomic E-state index is 0. The molecule has 0 aliphatic rings. The average molecular weight is 288 g/mol. The predicted molar refractivity (Wildman–Crippen MR) is 80.5 cm³/mol. The van der Waals surface area contributed by atoms with Crippen molar-refractivity contribution in [3.05, 3.63) is 42.2 Å². The quantitative estimate of drug-likeness (QED) is 0.943. The molecule has 0 radical (unpaired) electrons. The van der Waals surface area contributed by atoms with E-state index in [0.717, 1.165) is 17.9 Å². The van der Waals surface area contributed by atoms with E-state index in [0.29, 0.717) is 0 Å². The first-order chi connectivity index (χ1) is 7.66. The van der Waals surface area contributed by atoms with Gasteiger partial charge in [0, 0.05) is 30.5 Å². The summed E-state index contributed by atoms with van der Waals surface area (Å²) < 4.78 is 2.10. The summed E-state index contributed by atoms with van der Waals surface area (Å²) in [5.41, 5.74) is 8.20. The first-order valence-electron chi connectivity index (χ1n) is 5.50. The number of imidazole rings is 1. The fraction of sp³-hybridized carbons (Fsp3) is 0.308. The zero-order valence-corrected chi connectivity index (χ0v) is 12.2. The highest BCUT2D eigenvalue weighted by Crippen LogP contribution is 2.18. The molecule has 1 heterocycles. The van der Waals surface area contributed by atoms with Crippen LogP contribution in [0.2, 0.25) is 0 Å². The Hall–Kier alpha value is -1.03. The third kappa shape index (κ3) is 4.02. The van der Waals surface area contributed by atoms with Gasteiger partial charge in [0.1, 0.15) is 5.82 Å². The van der Waals surface area contributed by atoms with Crippen LogP contribution >= 0.6 is 24.8 Å². The number of aromatic nitrogens is 2. The van der Waals surface area contributed by atoms with Crippen LogP contribution in [0.3, 0.4) is 0 Å². The van der Waals surface area contributed by atoms with Gasteiger partial charge in [0.2, 0.25) is 0 Å². The van der Waals surface area contributed by atoms with Crippen LogP contribution in [0.5, 0.6) is 0 Å². The lowest BCUT2D eigenvalue weighted by Gasteiger charge is -2.10. The number of hydrogen-bond donors (Lipinski definition) is 1. The van der Waals surface area contributed by atoms with E-state index in [1.807, 2.05) is 19.3 Å². The summed E-state index contributed by atoms with van der Waals surface area (Å²) in [6.07, 6.45) is 3.79. The van der Waals surface area contributed by atoms with Gasteiger partial charge in [0.15, 0.2) is 0 Å². The van der Waals surface area contributed by atoms with Crippen molar-refractivity contribution >= 4 is 24.8 Å². The number of aryl methyl sites for hydroxylation is 1. The molecule has 100 valence electrons. The molecule has 0 aliphatic heterocycles. The zero-order chi connectivity index (χ0) is 11.5. The second-order valence-electron chi connectivity index (χ2n) is 4.25. The minimum absolute atomic E-state index is 0. The van der Waals surface area contributed by atoms with Crippen LogP contribution < -0.4 is 5.73 Å². The van der Waals surface area contributed by atoms with Crippen LogP contribution in [0.15, 0.2) is 36.7 Å². The summed E-state index contributed by atoms with van der Waals surface area (Å²) in [5, 5.41) is 0. The molecule has 1 atom stereocenters. The Labute approximate surface area is 120 Å². The van der Waals surface area contributed by atoms with Crippen molar-refractivity contribution in [2.75, 3.05) is 0 Å². The Morgan fingerprint density at radius 3 is 2.67 bits per heavy atom. The molecule has 1 aromatic carbocycles. The average Bonchev–Trinajstić information content (AvgIpc) is 2.65. The molecule has 3 nitrogen and oxygen atoms in total. The molecule has 0 fully saturated rings. The lowest BCUT2D eigenvalue weighted by atomic mass is 10.1. The SMILES string of the molecule is Cc1cccc(-c2nccn2C[C@H](C)N)c1.Cl.Cl.